The predicted molar refractivity (Wildman–Crippen MR) is 68.8 cm³/mol. The molecule has 0 aromatic heterocycles. The van der Waals surface area contributed by atoms with E-state index in [-0.39, 0.29) is 17.8 Å². The van der Waals surface area contributed by atoms with Crippen molar-refractivity contribution in [2.24, 2.45) is 17.6 Å². The zero-order valence-corrected chi connectivity index (χ0v) is 11.5. The Morgan fingerprint density at radius 3 is 2.61 bits per heavy atom. The van der Waals surface area contributed by atoms with Crippen LogP contribution in [0.2, 0.25) is 0 Å². The van der Waals surface area contributed by atoms with Gasteiger partial charge >= 0.3 is 5.97 Å². The number of ether oxygens (including phenoxy) is 1. The van der Waals surface area contributed by atoms with Crippen LogP contribution in [0, 0.1) is 11.8 Å². The first-order valence-electron chi connectivity index (χ1n) is 6.59. The summed E-state index contributed by atoms with van der Waals surface area (Å²) in [5.74, 6) is -0.0859. The summed E-state index contributed by atoms with van der Waals surface area (Å²) in [5, 5.41) is 0. The van der Waals surface area contributed by atoms with Crippen LogP contribution in [0.3, 0.4) is 0 Å². The summed E-state index contributed by atoms with van der Waals surface area (Å²) in [5.41, 5.74) is 5.68. The number of nitrogens with two attached hydrogens (primary N) is 1. The maximum absolute atomic E-state index is 12.4. The second-order valence-electron chi connectivity index (χ2n) is 5.27. The largest absolute Gasteiger partial charge is 0.467 e. The first-order valence-corrected chi connectivity index (χ1v) is 6.59. The monoisotopic (exact) mass is 256 g/mol. The quantitative estimate of drug-likeness (QED) is 0.737. The van der Waals surface area contributed by atoms with Crippen LogP contribution in [0.25, 0.3) is 0 Å². The zero-order valence-electron chi connectivity index (χ0n) is 11.5. The Morgan fingerprint density at radius 2 is 2.11 bits per heavy atom. The molecule has 1 aliphatic heterocycles. The fourth-order valence-corrected chi connectivity index (χ4v) is 2.51. The first-order chi connectivity index (χ1) is 8.51. The first kappa shape index (κ1) is 15.0. The fourth-order valence-electron chi connectivity index (χ4n) is 2.51. The van der Waals surface area contributed by atoms with E-state index in [1.54, 1.807) is 4.90 Å². The minimum Gasteiger partial charge on any atom is -0.467 e. The number of hydrogen-bond donors (Lipinski definition) is 1. The molecule has 1 rings (SSSR count). The van der Waals surface area contributed by atoms with Crippen molar-refractivity contribution in [1.29, 1.82) is 0 Å². The van der Waals surface area contributed by atoms with Crippen LogP contribution in [0.4, 0.5) is 0 Å². The molecule has 1 amide bonds. The van der Waals surface area contributed by atoms with Gasteiger partial charge in [-0.3, -0.25) is 4.79 Å². The van der Waals surface area contributed by atoms with E-state index in [9.17, 15) is 9.59 Å². The van der Waals surface area contributed by atoms with Gasteiger partial charge in [-0.1, -0.05) is 13.8 Å². The molecule has 0 spiro atoms. The average molecular weight is 256 g/mol. The van der Waals surface area contributed by atoms with Gasteiger partial charge < -0.3 is 15.4 Å². The Morgan fingerprint density at radius 1 is 1.44 bits per heavy atom. The van der Waals surface area contributed by atoms with Crippen LogP contribution in [-0.4, -0.2) is 43.0 Å². The molecule has 5 heteroatoms. The number of hydrogen-bond acceptors (Lipinski definition) is 4. The van der Waals surface area contributed by atoms with Gasteiger partial charge in [0.05, 0.1) is 13.0 Å². The Balaban J connectivity index is 2.71. The number of likely N-dealkylation sites (tertiary alicyclic amines) is 1. The Labute approximate surface area is 109 Å². The number of carbonyl (C=O) groups is 2. The summed E-state index contributed by atoms with van der Waals surface area (Å²) in [7, 11) is 1.36. The standard InChI is InChI=1S/C13H24N2O3/c1-9(2)7-10(8-14)12(16)15-6-4-5-11(15)13(17)18-3/h9-11H,4-8,14H2,1-3H3. The van der Waals surface area contributed by atoms with Gasteiger partial charge in [0, 0.05) is 13.1 Å². The highest BCUT2D eigenvalue weighted by molar-refractivity contribution is 5.86. The van der Waals surface area contributed by atoms with Crippen LogP contribution in [0.1, 0.15) is 33.1 Å². The van der Waals surface area contributed by atoms with Gasteiger partial charge in [0.2, 0.25) is 5.91 Å². The Hall–Kier alpha value is -1.10. The lowest BCUT2D eigenvalue weighted by Gasteiger charge is -2.27. The summed E-state index contributed by atoms with van der Waals surface area (Å²) in [6, 6.07) is -0.413. The third-order valence-corrected chi connectivity index (χ3v) is 3.40. The van der Waals surface area contributed by atoms with Crippen molar-refractivity contribution in [3.8, 4) is 0 Å². The molecular weight excluding hydrogens is 232 g/mol. The van der Waals surface area contributed by atoms with Crippen LogP contribution in [-0.2, 0) is 14.3 Å². The number of amides is 1. The summed E-state index contributed by atoms with van der Waals surface area (Å²) in [6.07, 6.45) is 2.31. The molecule has 1 heterocycles. The van der Waals surface area contributed by atoms with Crippen molar-refractivity contribution in [3.05, 3.63) is 0 Å². The van der Waals surface area contributed by atoms with Gasteiger partial charge in [-0.15, -0.1) is 0 Å². The minimum atomic E-state index is -0.413. The molecule has 0 radical (unpaired) electrons. The molecule has 2 atom stereocenters. The SMILES string of the molecule is COC(=O)C1CCCN1C(=O)C(CN)CC(C)C. The number of rotatable bonds is 5. The Kier molecular flexibility index (Phi) is 5.59. The van der Waals surface area contributed by atoms with Gasteiger partial charge in [0.15, 0.2) is 0 Å². The predicted octanol–water partition coefficient (Wildman–Crippen LogP) is 0.771. The normalized spacial score (nSPS) is 21.2. The molecule has 0 aliphatic carbocycles. The van der Waals surface area contributed by atoms with Crippen molar-refractivity contribution >= 4 is 11.9 Å². The minimum absolute atomic E-state index is 0.000833. The maximum atomic E-state index is 12.4. The fraction of sp³-hybridized carbons (Fsp3) is 0.846. The van der Waals surface area contributed by atoms with E-state index in [0.717, 1.165) is 12.8 Å². The maximum Gasteiger partial charge on any atom is 0.328 e. The van der Waals surface area contributed by atoms with Crippen molar-refractivity contribution in [2.45, 2.75) is 39.2 Å². The molecule has 0 saturated carbocycles. The number of esters is 1. The van der Waals surface area contributed by atoms with Crippen LogP contribution in [0.15, 0.2) is 0 Å². The van der Waals surface area contributed by atoms with Gasteiger partial charge in [0.1, 0.15) is 6.04 Å². The summed E-state index contributed by atoms with van der Waals surface area (Å²) < 4.78 is 4.74. The van der Waals surface area contributed by atoms with E-state index in [1.807, 2.05) is 0 Å². The van der Waals surface area contributed by atoms with E-state index >= 15 is 0 Å². The second-order valence-corrected chi connectivity index (χ2v) is 5.27. The summed E-state index contributed by atoms with van der Waals surface area (Å²) in [4.78, 5) is 25.6. The molecule has 0 bridgehead atoms. The molecule has 18 heavy (non-hydrogen) atoms. The molecule has 2 unspecified atom stereocenters. The summed E-state index contributed by atoms with van der Waals surface area (Å²) >= 11 is 0. The van der Waals surface area contributed by atoms with Crippen molar-refractivity contribution in [3.63, 3.8) is 0 Å². The molecule has 2 N–H and O–H groups in total. The van der Waals surface area contributed by atoms with Gasteiger partial charge in [-0.2, -0.15) is 0 Å². The van der Waals surface area contributed by atoms with Crippen LogP contribution in [0.5, 0.6) is 0 Å². The summed E-state index contributed by atoms with van der Waals surface area (Å²) in [6.45, 7) is 5.10. The highest BCUT2D eigenvalue weighted by Crippen LogP contribution is 2.23. The third-order valence-electron chi connectivity index (χ3n) is 3.40. The van der Waals surface area contributed by atoms with Crippen LogP contribution < -0.4 is 5.73 Å². The molecule has 0 aromatic rings. The van der Waals surface area contributed by atoms with Gasteiger partial charge in [-0.05, 0) is 25.2 Å². The molecule has 1 aliphatic rings. The molecular formula is C13H24N2O3. The number of carbonyl (C=O) groups excluding carboxylic acids is 2. The van der Waals surface area contributed by atoms with Crippen LogP contribution >= 0.6 is 0 Å². The van der Waals surface area contributed by atoms with E-state index in [0.29, 0.717) is 25.4 Å². The van der Waals surface area contributed by atoms with Crippen molar-refractivity contribution in [2.75, 3.05) is 20.2 Å². The number of nitrogens with zero attached hydrogens (tertiary/aromatic N) is 1. The van der Waals surface area contributed by atoms with E-state index < -0.39 is 6.04 Å². The third kappa shape index (κ3) is 3.45. The smallest absolute Gasteiger partial charge is 0.328 e. The Bertz CT molecular complexity index is 305. The average Bonchev–Trinajstić information content (AvgIpc) is 2.82. The van der Waals surface area contributed by atoms with Gasteiger partial charge in [-0.25, -0.2) is 4.79 Å². The lowest BCUT2D eigenvalue weighted by atomic mass is 9.95. The zero-order chi connectivity index (χ0) is 13.7. The molecule has 1 fully saturated rings. The molecule has 0 aromatic carbocycles. The van der Waals surface area contributed by atoms with Crippen molar-refractivity contribution in [1.82, 2.24) is 4.90 Å². The topological polar surface area (TPSA) is 72.6 Å². The molecule has 104 valence electrons. The van der Waals surface area contributed by atoms with Crippen molar-refractivity contribution < 1.29 is 14.3 Å². The highest BCUT2D eigenvalue weighted by Gasteiger charge is 2.37. The lowest BCUT2D eigenvalue weighted by Crippen LogP contribution is -2.45. The number of methoxy groups -OCH3 is 1. The lowest BCUT2D eigenvalue weighted by molar-refractivity contribution is -0.152. The van der Waals surface area contributed by atoms with E-state index in [2.05, 4.69) is 13.8 Å². The second kappa shape index (κ2) is 6.73. The molecule has 5 nitrogen and oxygen atoms in total. The highest BCUT2D eigenvalue weighted by atomic mass is 16.5. The van der Waals surface area contributed by atoms with Gasteiger partial charge in [0.25, 0.3) is 0 Å². The van der Waals surface area contributed by atoms with E-state index in [1.165, 1.54) is 7.11 Å². The van der Waals surface area contributed by atoms with E-state index in [4.69, 9.17) is 10.5 Å². The molecule has 1 saturated heterocycles.